The van der Waals surface area contributed by atoms with Gasteiger partial charge in [0.05, 0.1) is 5.92 Å². The smallest absolute Gasteiger partial charge is 0.280 e. The molecule has 232 valence electrons. The van der Waals surface area contributed by atoms with Crippen LogP contribution in [0.5, 0.6) is 0 Å². The first-order valence-electron chi connectivity index (χ1n) is 15.8. The maximum Gasteiger partial charge on any atom is 0.280 e. The number of benzene rings is 2. The van der Waals surface area contributed by atoms with Crippen LogP contribution in [0.3, 0.4) is 0 Å². The number of fused-ring (bicyclic) bond motifs is 3. The van der Waals surface area contributed by atoms with Gasteiger partial charge in [0.15, 0.2) is 0 Å². The van der Waals surface area contributed by atoms with Gasteiger partial charge in [0.2, 0.25) is 17.5 Å². The number of aromatic amines is 1. The van der Waals surface area contributed by atoms with Gasteiger partial charge in [0, 0.05) is 36.6 Å². The minimum Gasteiger partial charge on any atom is -0.361 e. The summed E-state index contributed by atoms with van der Waals surface area (Å²) in [5, 5.41) is 16.3. The molecule has 3 amide bonds. The number of nitrogens with zero attached hydrogens (tertiary/aromatic N) is 3. The maximum atomic E-state index is 14.2. The number of amides is 3. The average Bonchev–Trinajstić information content (AvgIpc) is 3.70. The molecule has 3 N–H and O–H groups in total. The molecule has 6 atom stereocenters. The van der Waals surface area contributed by atoms with Gasteiger partial charge in [0.25, 0.3) is 11.8 Å². The minimum absolute atomic E-state index is 0.182. The summed E-state index contributed by atoms with van der Waals surface area (Å²) in [4.78, 5) is 50.3. The largest absolute Gasteiger partial charge is 0.361 e. The highest BCUT2D eigenvalue weighted by Gasteiger charge is 2.69. The van der Waals surface area contributed by atoms with Crippen molar-refractivity contribution < 1.29 is 24.2 Å². The monoisotopic (exact) mass is 599 g/mol. The molecule has 10 heteroatoms. The molecule has 3 aliphatic heterocycles. The van der Waals surface area contributed by atoms with E-state index in [0.717, 1.165) is 23.9 Å². The Labute approximate surface area is 257 Å². The van der Waals surface area contributed by atoms with Crippen LogP contribution in [-0.4, -0.2) is 93.4 Å². The molecular formula is C34H41N5O5. The maximum absolute atomic E-state index is 14.2. The zero-order valence-electron chi connectivity index (χ0n) is 25.6. The van der Waals surface area contributed by atoms with Crippen molar-refractivity contribution in [2.45, 2.75) is 75.1 Å². The van der Waals surface area contributed by atoms with Gasteiger partial charge >= 0.3 is 0 Å². The average molecular weight is 600 g/mol. The van der Waals surface area contributed by atoms with Crippen molar-refractivity contribution in [3.63, 3.8) is 0 Å². The first kappa shape index (κ1) is 29.0. The topological polar surface area (TPSA) is 118 Å². The zero-order chi connectivity index (χ0) is 30.8. The number of hydrogen-bond donors (Lipinski definition) is 3. The summed E-state index contributed by atoms with van der Waals surface area (Å²) >= 11 is 0. The van der Waals surface area contributed by atoms with Gasteiger partial charge in [-0.15, -0.1) is 0 Å². The van der Waals surface area contributed by atoms with Crippen LogP contribution in [0.15, 0.2) is 54.7 Å². The minimum atomic E-state index is -2.04. The van der Waals surface area contributed by atoms with E-state index in [0.29, 0.717) is 32.4 Å². The number of piperazine rings is 1. The number of ether oxygens (including phenoxy) is 1. The summed E-state index contributed by atoms with van der Waals surface area (Å²) in [6, 6.07) is 14.1. The fraction of sp³-hybridized carbons (Fsp3) is 0.500. The molecular weight excluding hydrogens is 558 g/mol. The third kappa shape index (κ3) is 4.62. The molecule has 0 radical (unpaired) electrons. The van der Waals surface area contributed by atoms with Crippen molar-refractivity contribution in [2.24, 2.45) is 5.92 Å². The second kappa shape index (κ2) is 10.7. The van der Waals surface area contributed by atoms with E-state index < -0.39 is 35.5 Å². The van der Waals surface area contributed by atoms with Crippen LogP contribution in [-0.2, 0) is 32.0 Å². The summed E-state index contributed by atoms with van der Waals surface area (Å²) in [6.45, 7) is 2.49. The number of hydrogen-bond acceptors (Lipinski definition) is 6. The molecule has 0 bridgehead atoms. The van der Waals surface area contributed by atoms with Crippen LogP contribution in [0.25, 0.3) is 10.9 Å². The van der Waals surface area contributed by atoms with Gasteiger partial charge in [-0.2, -0.15) is 0 Å². The van der Waals surface area contributed by atoms with Crippen molar-refractivity contribution in [1.29, 1.82) is 0 Å². The lowest BCUT2D eigenvalue weighted by Crippen LogP contribution is -2.71. The van der Waals surface area contributed by atoms with Gasteiger partial charge in [-0.25, -0.2) is 0 Å². The van der Waals surface area contributed by atoms with Gasteiger partial charge in [0.1, 0.15) is 12.1 Å². The van der Waals surface area contributed by atoms with Crippen LogP contribution >= 0.6 is 0 Å². The van der Waals surface area contributed by atoms with E-state index in [1.54, 1.807) is 4.90 Å². The Bertz CT molecular complexity index is 1610. The Morgan fingerprint density at radius 1 is 1.16 bits per heavy atom. The number of aryl methyl sites for hydroxylation is 1. The molecule has 44 heavy (non-hydrogen) atoms. The molecule has 1 aromatic heterocycles. The second-order valence-corrected chi connectivity index (χ2v) is 13.4. The fourth-order valence-corrected chi connectivity index (χ4v) is 8.12. The lowest BCUT2D eigenvalue weighted by atomic mass is 9.78. The van der Waals surface area contributed by atoms with Gasteiger partial charge in [-0.3, -0.25) is 24.0 Å². The Balaban J connectivity index is 1.17. The first-order chi connectivity index (χ1) is 21.1. The van der Waals surface area contributed by atoms with Crippen LogP contribution in [0, 0.1) is 5.92 Å². The summed E-state index contributed by atoms with van der Waals surface area (Å²) < 4.78 is 6.27. The van der Waals surface area contributed by atoms with E-state index >= 15 is 0 Å². The van der Waals surface area contributed by atoms with E-state index in [1.807, 2.05) is 49.3 Å². The predicted molar refractivity (Wildman–Crippen MR) is 164 cm³/mol. The summed E-state index contributed by atoms with van der Waals surface area (Å²) in [5.41, 5.74) is 2.71. The quantitative estimate of drug-likeness (QED) is 0.367. The summed E-state index contributed by atoms with van der Waals surface area (Å²) in [7, 11) is 3.87. The zero-order valence-corrected chi connectivity index (χ0v) is 25.6. The molecule has 2 aromatic carbocycles. The third-order valence-corrected chi connectivity index (χ3v) is 10.1. The van der Waals surface area contributed by atoms with Crippen molar-refractivity contribution in [3.8, 4) is 0 Å². The molecule has 3 saturated heterocycles. The van der Waals surface area contributed by atoms with E-state index in [1.165, 1.54) is 28.3 Å². The fourth-order valence-electron chi connectivity index (χ4n) is 8.12. The summed E-state index contributed by atoms with van der Waals surface area (Å²) in [5.74, 6) is -3.40. The van der Waals surface area contributed by atoms with Crippen molar-refractivity contribution in [1.82, 2.24) is 25.0 Å². The lowest BCUT2D eigenvalue weighted by Gasteiger charge is -2.48. The van der Waals surface area contributed by atoms with E-state index in [-0.39, 0.29) is 24.2 Å². The highest BCUT2D eigenvalue weighted by atomic mass is 16.7. The van der Waals surface area contributed by atoms with Crippen LogP contribution < -0.4 is 5.32 Å². The second-order valence-electron chi connectivity index (χ2n) is 13.4. The Hall–Kier alpha value is -3.73. The molecule has 1 aliphatic carbocycles. The summed E-state index contributed by atoms with van der Waals surface area (Å²) in [6.07, 6.45) is 6.01. The SMILES string of the molecule is CN(C)C[C@@H](CC1CCc2c[nH]c3cccc1c23)C(=O)N[C@@]1(C)OC2(O)[C@@H]3CCCN3C(=O)[C@H](Cc3ccccc3)N2C1=O. The number of H-pyrrole nitrogens is 1. The molecule has 3 fully saturated rings. The molecule has 4 aliphatic rings. The molecule has 10 nitrogen and oxygen atoms in total. The highest BCUT2D eigenvalue weighted by molar-refractivity contribution is 5.97. The van der Waals surface area contributed by atoms with Gasteiger partial charge < -0.3 is 25.2 Å². The Morgan fingerprint density at radius 3 is 2.73 bits per heavy atom. The molecule has 7 rings (SSSR count). The Kier molecular flexibility index (Phi) is 7.06. The number of carbonyl (C=O) groups excluding carboxylic acids is 3. The number of rotatable bonds is 8. The molecule has 0 spiro atoms. The molecule has 3 aromatic rings. The van der Waals surface area contributed by atoms with Crippen molar-refractivity contribution in [2.75, 3.05) is 27.2 Å². The first-order valence-corrected chi connectivity index (χ1v) is 15.8. The lowest BCUT2D eigenvalue weighted by molar-refractivity contribution is -0.315. The molecule has 0 saturated carbocycles. The number of carbonyl (C=O) groups is 3. The number of nitrogens with one attached hydrogen (secondary N) is 2. The van der Waals surface area contributed by atoms with E-state index in [9.17, 15) is 19.5 Å². The molecule has 2 unspecified atom stereocenters. The number of aromatic nitrogens is 1. The van der Waals surface area contributed by atoms with Crippen molar-refractivity contribution in [3.05, 3.63) is 71.4 Å². The standard InChI is InChI=1S/C34H41N5O5/c1-33(36-30(40)24(20-37(2)3)18-22-14-15-23-19-35-26-12-7-11-25(22)29(23)26)32(42)39-27(17-21-9-5-4-6-10-21)31(41)38-16-8-13-28(38)34(39,43)44-33/h4-7,9-12,19,22,24,27-28,35,43H,8,13-18,20H2,1-3H3,(H,36,40)/t22?,24-,27+,28+,33+,34?/m1/s1. The van der Waals surface area contributed by atoms with Crippen molar-refractivity contribution >= 4 is 28.6 Å². The normalized spacial score (nSPS) is 30.2. The Morgan fingerprint density at radius 2 is 1.95 bits per heavy atom. The van der Waals surface area contributed by atoms with Crippen LogP contribution in [0.2, 0.25) is 0 Å². The third-order valence-electron chi connectivity index (χ3n) is 10.1. The predicted octanol–water partition coefficient (Wildman–Crippen LogP) is 2.72. The molecule has 4 heterocycles. The highest BCUT2D eigenvalue weighted by Crippen LogP contribution is 2.46. The van der Waals surface area contributed by atoms with Crippen LogP contribution in [0.1, 0.15) is 55.2 Å². The van der Waals surface area contributed by atoms with E-state index in [2.05, 4.69) is 34.7 Å². The van der Waals surface area contributed by atoms with Gasteiger partial charge in [-0.05, 0) is 81.8 Å². The number of aliphatic hydroxyl groups is 1. The van der Waals surface area contributed by atoms with Gasteiger partial charge in [-0.1, -0.05) is 42.5 Å². The van der Waals surface area contributed by atoms with E-state index in [4.69, 9.17) is 4.74 Å². The van der Waals surface area contributed by atoms with Crippen LogP contribution in [0.4, 0.5) is 0 Å².